The minimum absolute atomic E-state index is 0.000284. The topological polar surface area (TPSA) is 86.1 Å². The number of amides is 1. The molecule has 3 aromatic rings. The number of benzene rings is 2. The van der Waals surface area contributed by atoms with Crippen molar-refractivity contribution in [1.82, 2.24) is 14.8 Å². The monoisotopic (exact) mass is 424 g/mol. The van der Waals surface area contributed by atoms with Gasteiger partial charge in [-0.3, -0.25) is 4.79 Å². The summed E-state index contributed by atoms with van der Waals surface area (Å²) in [5, 5.41) is 7.32. The van der Waals surface area contributed by atoms with Crippen molar-refractivity contribution in [1.29, 1.82) is 0 Å². The lowest BCUT2D eigenvalue weighted by Gasteiger charge is -2.12. The summed E-state index contributed by atoms with van der Waals surface area (Å²) in [5.74, 6) is -1.38. The number of hydrogen-bond donors (Lipinski definition) is 1. The van der Waals surface area contributed by atoms with Crippen molar-refractivity contribution in [3.8, 4) is 5.69 Å². The van der Waals surface area contributed by atoms with E-state index in [1.807, 2.05) is 0 Å². The predicted molar refractivity (Wildman–Crippen MR) is 102 cm³/mol. The van der Waals surface area contributed by atoms with Crippen LogP contribution in [0, 0.1) is 0 Å². The summed E-state index contributed by atoms with van der Waals surface area (Å²) in [5.41, 5.74) is 0.926. The summed E-state index contributed by atoms with van der Waals surface area (Å²) in [7, 11) is 0. The molecule has 0 saturated carbocycles. The normalized spacial score (nSPS) is 10.5. The summed E-state index contributed by atoms with van der Waals surface area (Å²) in [4.78, 5) is 28.2. The summed E-state index contributed by atoms with van der Waals surface area (Å²) in [6.45, 7) is -0.538. The Kier molecular flexibility index (Phi) is 5.95. The molecule has 0 radical (unpaired) electrons. The van der Waals surface area contributed by atoms with Crippen LogP contribution in [0.5, 0.6) is 0 Å². The van der Waals surface area contributed by atoms with Crippen LogP contribution in [0.3, 0.4) is 0 Å². The van der Waals surface area contributed by atoms with Gasteiger partial charge in [-0.1, -0.05) is 40.9 Å². The van der Waals surface area contributed by atoms with Crippen molar-refractivity contribution in [3.05, 3.63) is 69.7 Å². The van der Waals surface area contributed by atoms with Gasteiger partial charge < -0.3 is 10.1 Å². The molecule has 0 spiro atoms. The lowest BCUT2D eigenvalue weighted by molar-refractivity contribution is -0.119. The van der Waals surface area contributed by atoms with Gasteiger partial charge in [0.2, 0.25) is 0 Å². The maximum atomic E-state index is 12.2. The molecule has 0 unspecified atom stereocenters. The van der Waals surface area contributed by atoms with E-state index < -0.39 is 18.5 Å². The van der Waals surface area contributed by atoms with Gasteiger partial charge >= 0.3 is 5.97 Å². The zero-order chi connectivity index (χ0) is 19.4. The Morgan fingerprint density at radius 3 is 2.52 bits per heavy atom. The average molecular weight is 426 g/mol. The Hall–Kier alpha value is -2.61. The molecular weight excluding hydrogens is 415 g/mol. The van der Waals surface area contributed by atoms with Gasteiger partial charge in [0.15, 0.2) is 6.61 Å². The van der Waals surface area contributed by atoms with Crippen LogP contribution in [-0.2, 0) is 9.53 Å². The molecule has 1 aromatic heterocycles. The number of nitrogens with one attached hydrogen (secondary N) is 1. The molecule has 1 heterocycles. The van der Waals surface area contributed by atoms with Crippen molar-refractivity contribution in [3.63, 3.8) is 0 Å². The maximum Gasteiger partial charge on any atom is 0.341 e. The Bertz CT molecular complexity index is 973. The minimum atomic E-state index is -0.802. The third-order valence-corrected chi connectivity index (χ3v) is 4.26. The van der Waals surface area contributed by atoms with Gasteiger partial charge in [-0.05, 0) is 30.3 Å². The predicted octanol–water partition coefficient (Wildman–Crippen LogP) is 4.02. The molecule has 27 heavy (non-hydrogen) atoms. The molecule has 2 aromatic carbocycles. The smallest absolute Gasteiger partial charge is 0.341 e. The van der Waals surface area contributed by atoms with E-state index in [9.17, 15) is 9.59 Å². The van der Waals surface area contributed by atoms with Crippen LogP contribution in [0.1, 0.15) is 10.4 Å². The van der Waals surface area contributed by atoms with Crippen LogP contribution < -0.4 is 5.32 Å². The molecule has 0 saturated heterocycles. The fourth-order valence-electron chi connectivity index (χ4n) is 2.22. The zero-order valence-electron chi connectivity index (χ0n) is 13.5. The molecule has 0 aliphatic rings. The number of esters is 1. The van der Waals surface area contributed by atoms with Gasteiger partial charge in [0, 0.05) is 5.02 Å². The number of hydrogen-bond acceptors (Lipinski definition) is 5. The Labute approximate surface area is 168 Å². The van der Waals surface area contributed by atoms with Gasteiger partial charge in [0.25, 0.3) is 5.91 Å². The van der Waals surface area contributed by atoms with Gasteiger partial charge in [0.05, 0.1) is 27.0 Å². The molecular formula is C17H11Cl3N4O3. The van der Waals surface area contributed by atoms with Crippen molar-refractivity contribution in [2.45, 2.75) is 0 Å². The van der Waals surface area contributed by atoms with Crippen molar-refractivity contribution in [2.75, 3.05) is 11.9 Å². The fraction of sp³-hybridized carbons (Fsp3) is 0.0588. The molecule has 0 aliphatic heterocycles. The second-order valence-corrected chi connectivity index (χ2v) is 6.47. The molecule has 7 nitrogen and oxygen atoms in total. The highest BCUT2D eigenvalue weighted by Gasteiger charge is 2.18. The number of rotatable bonds is 5. The van der Waals surface area contributed by atoms with Gasteiger partial charge in [0.1, 0.15) is 12.7 Å². The first-order chi connectivity index (χ1) is 13.0. The van der Waals surface area contributed by atoms with E-state index in [-0.39, 0.29) is 15.6 Å². The van der Waals surface area contributed by atoms with Gasteiger partial charge in [-0.15, -0.1) is 0 Å². The third kappa shape index (κ3) is 4.57. The van der Waals surface area contributed by atoms with E-state index in [1.54, 1.807) is 24.3 Å². The first-order valence-electron chi connectivity index (χ1n) is 7.51. The first kappa shape index (κ1) is 19.2. The van der Waals surface area contributed by atoms with Crippen LogP contribution in [0.2, 0.25) is 15.1 Å². The van der Waals surface area contributed by atoms with Crippen LogP contribution in [0.25, 0.3) is 5.69 Å². The minimum Gasteiger partial charge on any atom is -0.452 e. The standard InChI is InChI=1S/C17H11Cl3N4O3/c18-10-4-5-14(24-9-21-8-22-24)13(6-10)23-15(25)7-27-17(26)16-11(19)2-1-3-12(16)20/h1-6,8-9H,7H2,(H,23,25). The fourth-order valence-corrected chi connectivity index (χ4v) is 2.95. The lowest BCUT2D eigenvalue weighted by Crippen LogP contribution is -2.22. The molecule has 1 amide bonds. The lowest BCUT2D eigenvalue weighted by atomic mass is 10.2. The molecule has 3 rings (SSSR count). The van der Waals surface area contributed by atoms with E-state index in [2.05, 4.69) is 15.4 Å². The van der Waals surface area contributed by atoms with E-state index >= 15 is 0 Å². The summed E-state index contributed by atoms with van der Waals surface area (Å²) in [6, 6.07) is 9.46. The summed E-state index contributed by atoms with van der Waals surface area (Å²) in [6.07, 6.45) is 2.83. The highest BCUT2D eigenvalue weighted by molar-refractivity contribution is 6.39. The van der Waals surface area contributed by atoms with Crippen molar-refractivity contribution in [2.24, 2.45) is 0 Å². The number of halogens is 3. The number of nitrogens with zero attached hydrogens (tertiary/aromatic N) is 3. The Morgan fingerprint density at radius 1 is 1.11 bits per heavy atom. The van der Waals surface area contributed by atoms with E-state index in [0.29, 0.717) is 16.4 Å². The number of anilines is 1. The van der Waals surface area contributed by atoms with Crippen LogP contribution in [0.15, 0.2) is 49.1 Å². The van der Waals surface area contributed by atoms with Crippen LogP contribution in [0.4, 0.5) is 5.69 Å². The number of carbonyl (C=O) groups excluding carboxylic acids is 2. The number of aromatic nitrogens is 3. The summed E-state index contributed by atoms with van der Waals surface area (Å²) >= 11 is 17.9. The van der Waals surface area contributed by atoms with E-state index in [4.69, 9.17) is 39.5 Å². The van der Waals surface area contributed by atoms with Crippen LogP contribution in [-0.4, -0.2) is 33.2 Å². The largest absolute Gasteiger partial charge is 0.452 e. The number of ether oxygens (including phenoxy) is 1. The zero-order valence-corrected chi connectivity index (χ0v) is 15.8. The third-order valence-electron chi connectivity index (χ3n) is 3.40. The number of carbonyl (C=O) groups is 2. The highest BCUT2D eigenvalue weighted by Crippen LogP contribution is 2.26. The molecule has 10 heteroatoms. The van der Waals surface area contributed by atoms with Crippen LogP contribution >= 0.6 is 34.8 Å². The average Bonchev–Trinajstić information content (AvgIpc) is 3.14. The maximum absolute atomic E-state index is 12.2. The quantitative estimate of drug-likeness (QED) is 0.624. The van der Waals surface area contributed by atoms with Gasteiger partial charge in [-0.25, -0.2) is 14.5 Å². The Balaban J connectivity index is 1.70. The van der Waals surface area contributed by atoms with Crippen molar-refractivity contribution >= 4 is 52.4 Å². The molecule has 0 aliphatic carbocycles. The summed E-state index contributed by atoms with van der Waals surface area (Å²) < 4.78 is 6.46. The molecule has 138 valence electrons. The molecule has 1 N–H and O–H groups in total. The van der Waals surface area contributed by atoms with E-state index in [1.165, 1.54) is 29.5 Å². The molecule has 0 bridgehead atoms. The van der Waals surface area contributed by atoms with E-state index in [0.717, 1.165) is 0 Å². The molecule has 0 fully saturated rings. The van der Waals surface area contributed by atoms with Gasteiger partial charge in [-0.2, -0.15) is 5.10 Å². The molecule has 0 atom stereocenters. The second-order valence-electron chi connectivity index (χ2n) is 5.22. The second kappa shape index (κ2) is 8.39. The SMILES string of the molecule is O=C(COC(=O)c1c(Cl)cccc1Cl)Nc1cc(Cl)ccc1-n1cncn1. The first-order valence-corrected chi connectivity index (χ1v) is 8.64. The highest BCUT2D eigenvalue weighted by atomic mass is 35.5. The Morgan fingerprint density at radius 2 is 1.85 bits per heavy atom. The van der Waals surface area contributed by atoms with Crippen molar-refractivity contribution < 1.29 is 14.3 Å².